The first kappa shape index (κ1) is 14.1. The van der Waals surface area contributed by atoms with Crippen LogP contribution in [-0.2, 0) is 9.59 Å². The molecule has 1 fully saturated rings. The van der Waals surface area contributed by atoms with Gasteiger partial charge in [-0.2, -0.15) is 0 Å². The van der Waals surface area contributed by atoms with Gasteiger partial charge in [0.1, 0.15) is 0 Å². The molecule has 0 aromatic heterocycles. The van der Waals surface area contributed by atoms with Gasteiger partial charge >= 0.3 is 5.97 Å². The molecule has 2 N–H and O–H groups in total. The standard InChI is InChI=1S/C16H16ClNO3/c1-8-2-5-11(17)7-12(8)18-15(19)13-9-3-4-10(6-9)14(13)16(20)21/h2-5,7,9-10,13-14H,6H2,1H3,(H,18,19)(H,20,21)/t9-,10-,13-,14-/m0/s1. The molecule has 0 spiro atoms. The van der Waals surface area contributed by atoms with Crippen LogP contribution in [0.4, 0.5) is 5.69 Å². The summed E-state index contributed by atoms with van der Waals surface area (Å²) in [6, 6.07) is 5.27. The number of anilines is 1. The molecule has 110 valence electrons. The van der Waals surface area contributed by atoms with Gasteiger partial charge in [0.05, 0.1) is 11.8 Å². The zero-order chi connectivity index (χ0) is 15.1. The number of aliphatic carboxylic acids is 1. The van der Waals surface area contributed by atoms with Gasteiger partial charge in [0.15, 0.2) is 0 Å². The molecular weight excluding hydrogens is 290 g/mol. The molecule has 5 heteroatoms. The minimum Gasteiger partial charge on any atom is -0.481 e. The highest BCUT2D eigenvalue weighted by atomic mass is 35.5. The van der Waals surface area contributed by atoms with Crippen molar-refractivity contribution in [3.05, 3.63) is 40.9 Å². The Morgan fingerprint density at radius 2 is 1.90 bits per heavy atom. The topological polar surface area (TPSA) is 66.4 Å². The van der Waals surface area contributed by atoms with E-state index in [1.165, 1.54) is 0 Å². The van der Waals surface area contributed by atoms with E-state index in [0.717, 1.165) is 12.0 Å². The summed E-state index contributed by atoms with van der Waals surface area (Å²) < 4.78 is 0. The van der Waals surface area contributed by atoms with Crippen LogP contribution < -0.4 is 5.32 Å². The number of rotatable bonds is 3. The number of carboxylic acids is 1. The van der Waals surface area contributed by atoms with Crippen LogP contribution in [0.3, 0.4) is 0 Å². The number of allylic oxidation sites excluding steroid dienone is 2. The molecule has 1 aromatic rings. The van der Waals surface area contributed by atoms with Crippen molar-refractivity contribution in [2.45, 2.75) is 13.3 Å². The maximum absolute atomic E-state index is 12.5. The highest BCUT2D eigenvalue weighted by molar-refractivity contribution is 6.31. The van der Waals surface area contributed by atoms with Gasteiger partial charge in [0.25, 0.3) is 0 Å². The van der Waals surface area contributed by atoms with Gasteiger partial charge in [0, 0.05) is 10.7 Å². The van der Waals surface area contributed by atoms with Gasteiger partial charge in [-0.05, 0) is 42.9 Å². The first-order chi connectivity index (χ1) is 9.97. The highest BCUT2D eigenvalue weighted by Gasteiger charge is 2.51. The third-order valence-electron chi connectivity index (χ3n) is 4.50. The summed E-state index contributed by atoms with van der Waals surface area (Å²) in [5, 5.41) is 12.8. The van der Waals surface area contributed by atoms with Crippen molar-refractivity contribution in [3.63, 3.8) is 0 Å². The van der Waals surface area contributed by atoms with Gasteiger partial charge in [0.2, 0.25) is 5.91 Å². The summed E-state index contributed by atoms with van der Waals surface area (Å²) >= 11 is 5.95. The summed E-state index contributed by atoms with van der Waals surface area (Å²) in [5.41, 5.74) is 1.54. The zero-order valence-corrected chi connectivity index (χ0v) is 12.3. The Hall–Kier alpha value is -1.81. The fourth-order valence-electron chi connectivity index (χ4n) is 3.46. The van der Waals surface area contributed by atoms with Crippen LogP contribution in [-0.4, -0.2) is 17.0 Å². The summed E-state index contributed by atoms with van der Waals surface area (Å²) in [4.78, 5) is 24.0. The highest BCUT2D eigenvalue weighted by Crippen LogP contribution is 2.48. The number of nitrogens with one attached hydrogen (secondary N) is 1. The molecule has 4 nitrogen and oxygen atoms in total. The molecule has 2 bridgehead atoms. The van der Waals surface area contributed by atoms with Gasteiger partial charge in [-0.3, -0.25) is 9.59 Å². The van der Waals surface area contributed by atoms with Crippen LogP contribution in [0, 0.1) is 30.6 Å². The number of benzene rings is 1. The van der Waals surface area contributed by atoms with Gasteiger partial charge in [-0.25, -0.2) is 0 Å². The molecule has 1 saturated carbocycles. The summed E-state index contributed by atoms with van der Waals surface area (Å²) in [6.45, 7) is 1.88. The fraction of sp³-hybridized carbons (Fsp3) is 0.375. The number of aryl methyl sites for hydroxylation is 1. The molecule has 0 radical (unpaired) electrons. The number of halogens is 1. The lowest BCUT2D eigenvalue weighted by molar-refractivity contribution is -0.146. The average Bonchev–Trinajstić information content (AvgIpc) is 3.03. The van der Waals surface area contributed by atoms with Gasteiger partial charge in [-0.15, -0.1) is 0 Å². The van der Waals surface area contributed by atoms with Crippen LogP contribution >= 0.6 is 11.6 Å². The quantitative estimate of drug-likeness (QED) is 0.843. The lowest BCUT2D eigenvalue weighted by Gasteiger charge is -2.24. The molecule has 0 unspecified atom stereocenters. The summed E-state index contributed by atoms with van der Waals surface area (Å²) in [6.07, 6.45) is 4.65. The molecule has 0 heterocycles. The van der Waals surface area contributed by atoms with E-state index in [1.54, 1.807) is 12.1 Å². The van der Waals surface area contributed by atoms with Crippen molar-refractivity contribution in [2.24, 2.45) is 23.7 Å². The molecule has 1 amide bonds. The smallest absolute Gasteiger partial charge is 0.307 e. The number of carbonyl (C=O) groups excluding carboxylic acids is 1. The summed E-state index contributed by atoms with van der Waals surface area (Å²) in [7, 11) is 0. The Balaban J connectivity index is 1.83. The van der Waals surface area contributed by atoms with Gasteiger partial charge in [-0.1, -0.05) is 29.8 Å². The largest absolute Gasteiger partial charge is 0.481 e. The van der Waals surface area contributed by atoms with Crippen molar-refractivity contribution in [1.29, 1.82) is 0 Å². The summed E-state index contributed by atoms with van der Waals surface area (Å²) in [5.74, 6) is -2.26. The molecule has 3 rings (SSSR count). The van der Waals surface area contributed by atoms with E-state index in [-0.39, 0.29) is 17.7 Å². The van der Waals surface area contributed by atoms with Crippen molar-refractivity contribution >= 4 is 29.2 Å². The van der Waals surface area contributed by atoms with Crippen molar-refractivity contribution in [2.75, 3.05) is 5.32 Å². The first-order valence-electron chi connectivity index (χ1n) is 6.95. The predicted molar refractivity (Wildman–Crippen MR) is 80.2 cm³/mol. The second-order valence-corrected chi connectivity index (χ2v) is 6.22. The normalized spacial score (nSPS) is 29.6. The Kier molecular flexibility index (Phi) is 3.49. The van der Waals surface area contributed by atoms with E-state index in [4.69, 9.17) is 11.6 Å². The lowest BCUT2D eigenvalue weighted by Crippen LogP contribution is -2.36. The van der Waals surface area contributed by atoms with Crippen LogP contribution in [0.5, 0.6) is 0 Å². The molecule has 21 heavy (non-hydrogen) atoms. The lowest BCUT2D eigenvalue weighted by atomic mass is 9.82. The van der Waals surface area contributed by atoms with E-state index in [1.807, 2.05) is 25.1 Å². The number of hydrogen-bond acceptors (Lipinski definition) is 2. The van der Waals surface area contributed by atoms with Crippen LogP contribution in [0.1, 0.15) is 12.0 Å². The van der Waals surface area contributed by atoms with Crippen molar-refractivity contribution < 1.29 is 14.7 Å². The monoisotopic (exact) mass is 305 g/mol. The maximum Gasteiger partial charge on any atom is 0.307 e. The molecule has 1 aromatic carbocycles. The number of amides is 1. The first-order valence-corrected chi connectivity index (χ1v) is 7.33. The predicted octanol–water partition coefficient (Wildman–Crippen LogP) is 3.11. The Bertz CT molecular complexity index is 640. The molecule has 0 aliphatic heterocycles. The number of fused-ring (bicyclic) bond motifs is 2. The molecule has 2 aliphatic carbocycles. The Morgan fingerprint density at radius 1 is 1.24 bits per heavy atom. The average molecular weight is 306 g/mol. The van der Waals surface area contributed by atoms with E-state index < -0.39 is 17.8 Å². The molecule has 2 aliphatic rings. The number of hydrogen-bond donors (Lipinski definition) is 2. The second kappa shape index (κ2) is 5.19. The van der Waals surface area contributed by atoms with Gasteiger partial charge < -0.3 is 10.4 Å². The zero-order valence-electron chi connectivity index (χ0n) is 11.5. The second-order valence-electron chi connectivity index (χ2n) is 5.79. The van der Waals surface area contributed by atoms with E-state index >= 15 is 0 Å². The SMILES string of the molecule is Cc1ccc(Cl)cc1NC(=O)[C@@H]1[C@@H](C(=O)O)[C@H]2C=C[C@H]1C2. The van der Waals surface area contributed by atoms with Crippen LogP contribution in [0.25, 0.3) is 0 Å². The van der Waals surface area contributed by atoms with E-state index in [2.05, 4.69) is 5.32 Å². The van der Waals surface area contributed by atoms with E-state index in [0.29, 0.717) is 10.7 Å². The molecular formula is C16H16ClNO3. The third kappa shape index (κ3) is 2.44. The minimum absolute atomic E-state index is 0.0237. The van der Waals surface area contributed by atoms with Crippen LogP contribution in [0.15, 0.2) is 30.4 Å². The third-order valence-corrected chi connectivity index (χ3v) is 4.74. The number of carboxylic acid groups (broad SMARTS) is 1. The Labute approximate surface area is 127 Å². The van der Waals surface area contributed by atoms with Crippen LogP contribution in [0.2, 0.25) is 5.02 Å². The molecule has 4 atom stereocenters. The maximum atomic E-state index is 12.5. The van der Waals surface area contributed by atoms with E-state index in [9.17, 15) is 14.7 Å². The molecule has 0 saturated heterocycles. The number of carbonyl (C=O) groups is 2. The van der Waals surface area contributed by atoms with Crippen molar-refractivity contribution in [1.82, 2.24) is 0 Å². The van der Waals surface area contributed by atoms with Crippen molar-refractivity contribution in [3.8, 4) is 0 Å². The minimum atomic E-state index is -0.894. The Morgan fingerprint density at radius 3 is 2.57 bits per heavy atom. The fourth-order valence-corrected chi connectivity index (χ4v) is 3.63.